The molecule has 29 heavy (non-hydrogen) atoms. The van der Waals surface area contributed by atoms with Gasteiger partial charge in [0.25, 0.3) is 0 Å². The van der Waals surface area contributed by atoms with E-state index >= 15 is 0 Å². The van der Waals surface area contributed by atoms with E-state index in [2.05, 4.69) is 33.8 Å². The molecule has 0 fully saturated rings. The Hall–Kier alpha value is -3.08. The summed E-state index contributed by atoms with van der Waals surface area (Å²) in [5.41, 5.74) is 3.83. The van der Waals surface area contributed by atoms with Crippen LogP contribution in [0.3, 0.4) is 0 Å². The molecule has 0 aliphatic rings. The SMILES string of the molecule is COc1ccc(C)cc1-n1c(SCc2ccc(C#N)cc2)nnc1-c1cccs1. The van der Waals surface area contributed by atoms with E-state index in [-0.39, 0.29) is 0 Å². The van der Waals surface area contributed by atoms with E-state index in [1.54, 1.807) is 30.2 Å². The first kappa shape index (κ1) is 19.2. The highest BCUT2D eigenvalue weighted by atomic mass is 32.2. The van der Waals surface area contributed by atoms with Crippen LogP contribution in [-0.4, -0.2) is 21.9 Å². The van der Waals surface area contributed by atoms with Crippen molar-refractivity contribution in [2.24, 2.45) is 0 Å². The minimum absolute atomic E-state index is 0.659. The van der Waals surface area contributed by atoms with E-state index in [0.29, 0.717) is 5.56 Å². The van der Waals surface area contributed by atoms with Gasteiger partial charge in [-0.15, -0.1) is 21.5 Å². The summed E-state index contributed by atoms with van der Waals surface area (Å²) in [7, 11) is 1.67. The second-order valence-electron chi connectivity index (χ2n) is 6.39. The highest BCUT2D eigenvalue weighted by Crippen LogP contribution is 2.35. The lowest BCUT2D eigenvalue weighted by atomic mass is 10.2. The number of aromatic nitrogens is 3. The highest BCUT2D eigenvalue weighted by molar-refractivity contribution is 7.98. The molecule has 2 aromatic heterocycles. The van der Waals surface area contributed by atoms with E-state index in [0.717, 1.165) is 44.2 Å². The van der Waals surface area contributed by atoms with Gasteiger partial charge in [-0.2, -0.15) is 5.26 Å². The van der Waals surface area contributed by atoms with E-state index in [9.17, 15) is 0 Å². The number of rotatable bonds is 6. The Morgan fingerprint density at radius 2 is 1.97 bits per heavy atom. The molecule has 5 nitrogen and oxygen atoms in total. The first-order valence-corrected chi connectivity index (χ1v) is 10.8. The molecule has 7 heteroatoms. The van der Waals surface area contributed by atoms with Crippen LogP contribution in [0, 0.1) is 18.3 Å². The van der Waals surface area contributed by atoms with Crippen molar-refractivity contribution in [3.05, 3.63) is 76.7 Å². The summed E-state index contributed by atoms with van der Waals surface area (Å²) >= 11 is 3.24. The molecule has 0 radical (unpaired) electrons. The van der Waals surface area contributed by atoms with Crippen molar-refractivity contribution in [1.29, 1.82) is 5.26 Å². The van der Waals surface area contributed by atoms with Crippen LogP contribution in [0.15, 0.2) is 65.1 Å². The summed E-state index contributed by atoms with van der Waals surface area (Å²) in [4.78, 5) is 1.05. The predicted octanol–water partition coefficient (Wildman–Crippen LogP) is 5.48. The average Bonchev–Trinajstić information content (AvgIpc) is 3.42. The van der Waals surface area contributed by atoms with Gasteiger partial charge in [-0.3, -0.25) is 4.57 Å². The third-order valence-corrected chi connectivity index (χ3v) is 6.27. The monoisotopic (exact) mass is 418 g/mol. The Morgan fingerprint density at radius 3 is 2.66 bits per heavy atom. The molecule has 4 aromatic rings. The Balaban J connectivity index is 1.75. The number of aryl methyl sites for hydroxylation is 1. The zero-order chi connectivity index (χ0) is 20.2. The van der Waals surface area contributed by atoms with Gasteiger partial charge < -0.3 is 4.74 Å². The zero-order valence-electron chi connectivity index (χ0n) is 16.0. The fourth-order valence-corrected chi connectivity index (χ4v) is 4.54. The van der Waals surface area contributed by atoms with Crippen molar-refractivity contribution in [3.8, 4) is 28.2 Å². The van der Waals surface area contributed by atoms with E-state index in [4.69, 9.17) is 10.00 Å². The van der Waals surface area contributed by atoms with Crippen LogP contribution >= 0.6 is 23.1 Å². The molecule has 0 bridgehead atoms. The fraction of sp³-hybridized carbons (Fsp3) is 0.136. The first-order valence-electron chi connectivity index (χ1n) is 8.95. The zero-order valence-corrected chi connectivity index (χ0v) is 17.6. The van der Waals surface area contributed by atoms with Crippen LogP contribution < -0.4 is 4.74 Å². The summed E-state index contributed by atoms with van der Waals surface area (Å²) in [5, 5.41) is 20.8. The molecule has 0 N–H and O–H groups in total. The summed E-state index contributed by atoms with van der Waals surface area (Å²) in [6, 6.07) is 19.9. The van der Waals surface area contributed by atoms with Crippen LogP contribution in [-0.2, 0) is 5.75 Å². The summed E-state index contributed by atoms with van der Waals surface area (Å²) in [5.74, 6) is 2.29. The Kier molecular flexibility index (Phi) is 5.65. The second-order valence-corrected chi connectivity index (χ2v) is 8.28. The maximum Gasteiger partial charge on any atom is 0.196 e. The van der Waals surface area contributed by atoms with Crippen molar-refractivity contribution in [2.45, 2.75) is 17.8 Å². The van der Waals surface area contributed by atoms with Crippen molar-refractivity contribution in [3.63, 3.8) is 0 Å². The Morgan fingerprint density at radius 1 is 1.14 bits per heavy atom. The van der Waals surface area contributed by atoms with Crippen LogP contribution in [0.25, 0.3) is 16.4 Å². The van der Waals surface area contributed by atoms with Gasteiger partial charge in [0.05, 0.1) is 29.3 Å². The van der Waals surface area contributed by atoms with Gasteiger partial charge in [-0.05, 0) is 53.8 Å². The molecule has 144 valence electrons. The molecule has 0 unspecified atom stereocenters. The number of nitriles is 1. The molecule has 4 rings (SSSR count). The number of nitrogens with zero attached hydrogens (tertiary/aromatic N) is 4. The normalized spacial score (nSPS) is 10.7. The van der Waals surface area contributed by atoms with E-state index < -0.39 is 0 Å². The first-order chi connectivity index (χ1) is 14.2. The number of hydrogen-bond donors (Lipinski definition) is 0. The van der Waals surface area contributed by atoms with Gasteiger partial charge >= 0.3 is 0 Å². The fourth-order valence-electron chi connectivity index (χ4n) is 2.94. The quantitative estimate of drug-likeness (QED) is 0.388. The number of ether oxygens (including phenoxy) is 1. The summed E-state index contributed by atoms with van der Waals surface area (Å²) < 4.78 is 7.69. The van der Waals surface area contributed by atoms with Crippen LogP contribution in [0.2, 0.25) is 0 Å². The molecule has 0 amide bonds. The average molecular weight is 419 g/mol. The van der Waals surface area contributed by atoms with Gasteiger partial charge in [0, 0.05) is 5.75 Å². The van der Waals surface area contributed by atoms with Gasteiger partial charge in [0.1, 0.15) is 5.75 Å². The standard InChI is InChI=1S/C22H18N4OS2/c1-15-5-10-19(27-2)18(12-15)26-21(20-4-3-11-28-20)24-25-22(26)29-14-17-8-6-16(13-23)7-9-17/h3-12H,14H2,1-2H3. The van der Waals surface area contributed by atoms with Gasteiger partial charge in [-0.25, -0.2) is 0 Å². The van der Waals surface area contributed by atoms with Crippen LogP contribution in [0.5, 0.6) is 5.75 Å². The molecular formula is C22H18N4OS2. The molecule has 0 aliphatic carbocycles. The van der Waals surface area contributed by atoms with Crippen molar-refractivity contribution < 1.29 is 4.74 Å². The third-order valence-electron chi connectivity index (χ3n) is 4.40. The molecule has 0 saturated heterocycles. The minimum atomic E-state index is 0.659. The van der Waals surface area contributed by atoms with Gasteiger partial charge in [0.15, 0.2) is 11.0 Å². The second kappa shape index (κ2) is 8.52. The van der Waals surface area contributed by atoms with Crippen LogP contribution in [0.4, 0.5) is 0 Å². The molecular weight excluding hydrogens is 400 g/mol. The van der Waals surface area contributed by atoms with Crippen molar-refractivity contribution >= 4 is 23.1 Å². The lowest BCUT2D eigenvalue weighted by Crippen LogP contribution is -2.02. The van der Waals surface area contributed by atoms with E-state index in [1.807, 2.05) is 53.9 Å². The lowest BCUT2D eigenvalue weighted by molar-refractivity contribution is 0.412. The Bertz CT molecular complexity index is 1160. The lowest BCUT2D eigenvalue weighted by Gasteiger charge is -2.14. The largest absolute Gasteiger partial charge is 0.495 e. The van der Waals surface area contributed by atoms with Crippen molar-refractivity contribution in [1.82, 2.24) is 14.8 Å². The van der Waals surface area contributed by atoms with E-state index in [1.165, 1.54) is 0 Å². The molecule has 2 aromatic carbocycles. The molecule has 0 aliphatic heterocycles. The number of methoxy groups -OCH3 is 1. The third kappa shape index (κ3) is 4.04. The molecule has 2 heterocycles. The number of hydrogen-bond acceptors (Lipinski definition) is 6. The Labute approximate surface area is 177 Å². The minimum Gasteiger partial charge on any atom is -0.495 e. The van der Waals surface area contributed by atoms with Crippen molar-refractivity contribution in [2.75, 3.05) is 7.11 Å². The molecule has 0 atom stereocenters. The molecule has 0 saturated carbocycles. The summed E-state index contributed by atoms with van der Waals surface area (Å²) in [6.07, 6.45) is 0. The highest BCUT2D eigenvalue weighted by Gasteiger charge is 2.20. The summed E-state index contributed by atoms with van der Waals surface area (Å²) in [6.45, 7) is 2.06. The van der Waals surface area contributed by atoms with Crippen LogP contribution in [0.1, 0.15) is 16.7 Å². The number of benzene rings is 2. The van der Waals surface area contributed by atoms with Gasteiger partial charge in [0.2, 0.25) is 0 Å². The predicted molar refractivity (Wildman–Crippen MR) is 117 cm³/mol. The molecule has 0 spiro atoms. The topological polar surface area (TPSA) is 63.7 Å². The smallest absolute Gasteiger partial charge is 0.196 e. The number of thiophene rings is 1. The maximum absolute atomic E-state index is 8.98. The van der Waals surface area contributed by atoms with Gasteiger partial charge in [-0.1, -0.05) is 36.0 Å². The maximum atomic E-state index is 8.98. The number of thioether (sulfide) groups is 1.